The second-order valence-corrected chi connectivity index (χ2v) is 6.78. The Bertz CT molecular complexity index is 538. The highest BCUT2D eigenvalue weighted by Crippen LogP contribution is 2.21. The van der Waals surface area contributed by atoms with Crippen LogP contribution in [0.1, 0.15) is 17.5 Å². The maximum atomic E-state index is 12.0. The lowest BCUT2D eigenvalue weighted by Crippen LogP contribution is -2.26. The molecule has 1 aromatic heterocycles. The highest BCUT2D eigenvalue weighted by molar-refractivity contribution is 9.11. The van der Waals surface area contributed by atoms with E-state index in [2.05, 4.69) is 39.5 Å². The van der Waals surface area contributed by atoms with E-state index in [4.69, 9.17) is 0 Å². The second kappa shape index (κ2) is 6.87. The minimum Gasteiger partial charge on any atom is -0.341 e. The van der Waals surface area contributed by atoms with E-state index in [1.54, 1.807) is 16.2 Å². The third-order valence-corrected chi connectivity index (χ3v) is 4.49. The van der Waals surface area contributed by atoms with E-state index in [1.807, 2.05) is 25.2 Å². The summed E-state index contributed by atoms with van der Waals surface area (Å²) in [7, 11) is 1.86. The van der Waals surface area contributed by atoms with Crippen LogP contribution in [0.15, 0.2) is 45.6 Å². The summed E-state index contributed by atoms with van der Waals surface area (Å²) in [6.45, 7) is 0.676. The fourth-order valence-corrected chi connectivity index (χ4v) is 3.08. The number of carbonyl (C=O) groups is 1. The first kappa shape index (κ1) is 14.3. The number of carbonyl (C=O) groups excluding carboxylic acids is 1. The SMILES string of the molecule is CN(Cc1csc(Br)c1)C(=O)CCc1ccccc1. The summed E-state index contributed by atoms with van der Waals surface area (Å²) in [5.74, 6) is 0.186. The maximum absolute atomic E-state index is 12.0. The van der Waals surface area contributed by atoms with Gasteiger partial charge in [-0.05, 0) is 44.9 Å². The van der Waals surface area contributed by atoms with Crippen LogP contribution >= 0.6 is 27.3 Å². The van der Waals surface area contributed by atoms with Crippen LogP contribution in [-0.4, -0.2) is 17.9 Å². The van der Waals surface area contributed by atoms with Crippen LogP contribution in [0, 0.1) is 0 Å². The van der Waals surface area contributed by atoms with E-state index >= 15 is 0 Å². The number of amides is 1. The fraction of sp³-hybridized carbons (Fsp3) is 0.267. The Labute approximate surface area is 126 Å². The quantitative estimate of drug-likeness (QED) is 0.804. The van der Waals surface area contributed by atoms with Crippen molar-refractivity contribution in [1.29, 1.82) is 0 Å². The summed E-state index contributed by atoms with van der Waals surface area (Å²) in [6.07, 6.45) is 1.36. The Hall–Kier alpha value is -1.13. The molecule has 0 spiro atoms. The molecule has 100 valence electrons. The summed E-state index contributed by atoms with van der Waals surface area (Å²) >= 11 is 5.08. The van der Waals surface area contributed by atoms with Crippen LogP contribution in [0.5, 0.6) is 0 Å². The van der Waals surface area contributed by atoms with Gasteiger partial charge >= 0.3 is 0 Å². The van der Waals surface area contributed by atoms with E-state index < -0.39 is 0 Å². The van der Waals surface area contributed by atoms with Crippen molar-refractivity contribution >= 4 is 33.2 Å². The molecule has 0 aliphatic rings. The van der Waals surface area contributed by atoms with Crippen LogP contribution in [0.25, 0.3) is 0 Å². The first-order valence-electron chi connectivity index (χ1n) is 6.16. The highest BCUT2D eigenvalue weighted by Gasteiger charge is 2.10. The van der Waals surface area contributed by atoms with E-state index in [0.29, 0.717) is 13.0 Å². The van der Waals surface area contributed by atoms with Gasteiger partial charge in [0.25, 0.3) is 0 Å². The lowest BCUT2D eigenvalue weighted by molar-refractivity contribution is -0.130. The number of nitrogens with zero attached hydrogens (tertiary/aromatic N) is 1. The van der Waals surface area contributed by atoms with Gasteiger partial charge in [0.15, 0.2) is 0 Å². The van der Waals surface area contributed by atoms with E-state index in [1.165, 1.54) is 11.1 Å². The van der Waals surface area contributed by atoms with Crippen molar-refractivity contribution in [1.82, 2.24) is 4.90 Å². The molecule has 2 rings (SSSR count). The zero-order chi connectivity index (χ0) is 13.7. The molecule has 0 unspecified atom stereocenters. The van der Waals surface area contributed by atoms with Gasteiger partial charge in [-0.2, -0.15) is 0 Å². The molecule has 1 aromatic carbocycles. The average molecular weight is 338 g/mol. The molecule has 1 heterocycles. The second-order valence-electron chi connectivity index (χ2n) is 4.49. The Morgan fingerprint density at radius 2 is 2.00 bits per heavy atom. The minimum absolute atomic E-state index is 0.186. The van der Waals surface area contributed by atoms with Crippen molar-refractivity contribution in [2.24, 2.45) is 0 Å². The zero-order valence-corrected chi connectivity index (χ0v) is 13.2. The van der Waals surface area contributed by atoms with Gasteiger partial charge in [-0.3, -0.25) is 4.79 Å². The van der Waals surface area contributed by atoms with Crippen LogP contribution in [0.4, 0.5) is 0 Å². The van der Waals surface area contributed by atoms with Gasteiger partial charge in [0.05, 0.1) is 3.79 Å². The molecule has 0 atom stereocenters. The van der Waals surface area contributed by atoms with Gasteiger partial charge in [-0.15, -0.1) is 11.3 Å². The lowest BCUT2D eigenvalue weighted by atomic mass is 10.1. The fourth-order valence-electron chi connectivity index (χ4n) is 1.88. The van der Waals surface area contributed by atoms with Gasteiger partial charge in [-0.1, -0.05) is 30.3 Å². The maximum Gasteiger partial charge on any atom is 0.222 e. The van der Waals surface area contributed by atoms with Gasteiger partial charge in [0.2, 0.25) is 5.91 Å². The van der Waals surface area contributed by atoms with Crippen LogP contribution < -0.4 is 0 Å². The van der Waals surface area contributed by atoms with Crippen LogP contribution in [-0.2, 0) is 17.8 Å². The Morgan fingerprint density at radius 3 is 2.63 bits per heavy atom. The molecule has 0 saturated carbocycles. The summed E-state index contributed by atoms with van der Waals surface area (Å²) < 4.78 is 1.10. The molecule has 0 saturated heterocycles. The standard InChI is InChI=1S/C15H16BrNOS/c1-17(10-13-9-14(16)19-11-13)15(18)8-7-12-5-3-2-4-6-12/h2-6,9,11H,7-8,10H2,1H3. The number of rotatable bonds is 5. The van der Waals surface area contributed by atoms with Crippen LogP contribution in [0.2, 0.25) is 0 Å². The molecule has 0 bridgehead atoms. The normalized spacial score (nSPS) is 10.4. The number of halogens is 1. The number of thiophene rings is 1. The molecule has 0 aliphatic heterocycles. The molecule has 19 heavy (non-hydrogen) atoms. The predicted molar refractivity (Wildman–Crippen MR) is 83.3 cm³/mol. The third-order valence-electron chi connectivity index (χ3n) is 2.94. The van der Waals surface area contributed by atoms with Crippen molar-refractivity contribution in [3.8, 4) is 0 Å². The van der Waals surface area contributed by atoms with E-state index in [0.717, 1.165) is 10.2 Å². The topological polar surface area (TPSA) is 20.3 Å². The molecule has 4 heteroatoms. The summed E-state index contributed by atoms with van der Waals surface area (Å²) in [5, 5.41) is 2.07. The monoisotopic (exact) mass is 337 g/mol. The molecule has 0 radical (unpaired) electrons. The van der Waals surface area contributed by atoms with Crippen molar-refractivity contribution < 1.29 is 4.79 Å². The number of benzene rings is 1. The molecule has 0 fully saturated rings. The number of aryl methyl sites for hydroxylation is 1. The first-order valence-corrected chi connectivity index (χ1v) is 7.83. The predicted octanol–water partition coefficient (Wildman–Crippen LogP) is 4.10. The molecular weight excluding hydrogens is 322 g/mol. The van der Waals surface area contributed by atoms with Gasteiger partial charge in [-0.25, -0.2) is 0 Å². The van der Waals surface area contributed by atoms with Gasteiger partial charge in [0, 0.05) is 20.0 Å². The molecular formula is C15H16BrNOS. The number of hydrogen-bond acceptors (Lipinski definition) is 2. The largest absolute Gasteiger partial charge is 0.341 e. The van der Waals surface area contributed by atoms with E-state index in [9.17, 15) is 4.79 Å². The lowest BCUT2D eigenvalue weighted by Gasteiger charge is -2.16. The Morgan fingerprint density at radius 1 is 1.26 bits per heavy atom. The van der Waals surface area contributed by atoms with Gasteiger partial charge < -0.3 is 4.90 Å². The van der Waals surface area contributed by atoms with Crippen molar-refractivity contribution in [3.05, 3.63) is 56.7 Å². The van der Waals surface area contributed by atoms with Crippen molar-refractivity contribution in [3.63, 3.8) is 0 Å². The highest BCUT2D eigenvalue weighted by atomic mass is 79.9. The molecule has 0 N–H and O–H groups in total. The smallest absolute Gasteiger partial charge is 0.222 e. The Kier molecular flexibility index (Phi) is 5.16. The first-order chi connectivity index (χ1) is 9.15. The van der Waals surface area contributed by atoms with Gasteiger partial charge in [0.1, 0.15) is 0 Å². The molecule has 2 nitrogen and oxygen atoms in total. The molecule has 0 aliphatic carbocycles. The van der Waals surface area contributed by atoms with E-state index in [-0.39, 0.29) is 5.91 Å². The van der Waals surface area contributed by atoms with Crippen LogP contribution in [0.3, 0.4) is 0 Å². The average Bonchev–Trinajstić information content (AvgIpc) is 2.82. The summed E-state index contributed by atoms with van der Waals surface area (Å²) in [6, 6.07) is 12.2. The molecule has 1 amide bonds. The molecule has 2 aromatic rings. The summed E-state index contributed by atoms with van der Waals surface area (Å²) in [5.41, 5.74) is 2.38. The minimum atomic E-state index is 0.186. The van der Waals surface area contributed by atoms with Crippen molar-refractivity contribution in [2.75, 3.05) is 7.05 Å². The number of hydrogen-bond donors (Lipinski definition) is 0. The zero-order valence-electron chi connectivity index (χ0n) is 10.8. The third kappa shape index (κ3) is 4.48. The summed E-state index contributed by atoms with van der Waals surface area (Å²) in [4.78, 5) is 13.8. The Balaban J connectivity index is 1.82. The van der Waals surface area contributed by atoms with Crippen molar-refractivity contribution in [2.45, 2.75) is 19.4 Å².